The Morgan fingerprint density at radius 2 is 2.09 bits per heavy atom. The van der Waals surface area contributed by atoms with Gasteiger partial charge in [-0.25, -0.2) is 0 Å². The van der Waals surface area contributed by atoms with Crippen LogP contribution in [0.5, 0.6) is 11.5 Å². The van der Waals surface area contributed by atoms with Crippen LogP contribution in [0.1, 0.15) is 25.3 Å². The number of hydrogen-bond acceptors (Lipinski definition) is 4. The van der Waals surface area contributed by atoms with Crippen LogP contribution in [0.2, 0.25) is 0 Å². The highest BCUT2D eigenvalue weighted by Gasteiger charge is 2.21. The van der Waals surface area contributed by atoms with Crippen molar-refractivity contribution in [1.82, 2.24) is 4.90 Å². The summed E-state index contributed by atoms with van der Waals surface area (Å²) in [4.78, 5) is 14.0. The van der Waals surface area contributed by atoms with Gasteiger partial charge in [0.2, 0.25) is 0 Å². The van der Waals surface area contributed by atoms with Crippen LogP contribution in [-0.2, 0) is 4.79 Å². The van der Waals surface area contributed by atoms with Crippen molar-refractivity contribution in [2.24, 2.45) is 0 Å². The van der Waals surface area contributed by atoms with Crippen LogP contribution >= 0.6 is 0 Å². The highest BCUT2D eigenvalue weighted by molar-refractivity contribution is 6.01. The lowest BCUT2D eigenvalue weighted by Crippen LogP contribution is -2.28. The molecule has 1 heterocycles. The normalized spacial score (nSPS) is 14.6. The molecule has 0 saturated carbocycles. The van der Waals surface area contributed by atoms with Gasteiger partial charge in [0.15, 0.2) is 11.5 Å². The minimum atomic E-state index is -0.201. The first kappa shape index (κ1) is 15.9. The predicted octanol–water partition coefficient (Wildman–Crippen LogP) is 2.62. The molecule has 0 N–H and O–H groups in total. The van der Waals surface area contributed by atoms with Gasteiger partial charge in [-0.2, -0.15) is 5.26 Å². The summed E-state index contributed by atoms with van der Waals surface area (Å²) in [6.07, 6.45) is 3.60. The number of benzene rings is 1. The van der Waals surface area contributed by atoms with Crippen molar-refractivity contribution in [2.45, 2.75) is 19.8 Å². The van der Waals surface area contributed by atoms with Crippen LogP contribution in [0, 0.1) is 11.3 Å². The highest BCUT2D eigenvalue weighted by Crippen LogP contribution is 2.29. The fraction of sp³-hybridized carbons (Fsp3) is 0.412. The zero-order chi connectivity index (χ0) is 15.9. The Labute approximate surface area is 130 Å². The first-order valence-corrected chi connectivity index (χ1v) is 7.41. The molecule has 0 aliphatic carbocycles. The number of nitriles is 1. The average molecular weight is 300 g/mol. The maximum absolute atomic E-state index is 12.3. The minimum absolute atomic E-state index is 0.146. The van der Waals surface area contributed by atoms with E-state index in [2.05, 4.69) is 0 Å². The lowest BCUT2D eigenvalue weighted by Gasteiger charge is -2.14. The number of nitrogens with zero attached hydrogens (tertiary/aromatic N) is 2. The van der Waals surface area contributed by atoms with Crippen molar-refractivity contribution in [3.8, 4) is 17.6 Å². The maximum Gasteiger partial charge on any atom is 0.264 e. The second kappa shape index (κ2) is 7.51. The fourth-order valence-electron chi connectivity index (χ4n) is 2.45. The molecule has 2 rings (SSSR count). The van der Waals surface area contributed by atoms with E-state index in [1.807, 2.05) is 19.1 Å². The van der Waals surface area contributed by atoms with Crippen LogP contribution in [-0.4, -0.2) is 37.6 Å². The molecule has 1 saturated heterocycles. The summed E-state index contributed by atoms with van der Waals surface area (Å²) in [5.41, 5.74) is 0.887. The van der Waals surface area contributed by atoms with E-state index in [4.69, 9.17) is 9.47 Å². The molecule has 0 spiro atoms. The van der Waals surface area contributed by atoms with E-state index in [-0.39, 0.29) is 11.5 Å². The van der Waals surface area contributed by atoms with Crippen LogP contribution in [0.15, 0.2) is 23.8 Å². The van der Waals surface area contributed by atoms with Gasteiger partial charge in [-0.15, -0.1) is 0 Å². The monoisotopic (exact) mass is 300 g/mol. The maximum atomic E-state index is 12.3. The van der Waals surface area contributed by atoms with E-state index in [0.717, 1.165) is 31.5 Å². The van der Waals surface area contributed by atoms with Crippen molar-refractivity contribution >= 4 is 12.0 Å². The van der Waals surface area contributed by atoms with Gasteiger partial charge in [-0.3, -0.25) is 4.79 Å². The van der Waals surface area contributed by atoms with Crippen molar-refractivity contribution in [3.63, 3.8) is 0 Å². The Kier molecular flexibility index (Phi) is 5.42. The summed E-state index contributed by atoms with van der Waals surface area (Å²) >= 11 is 0. The lowest BCUT2D eigenvalue weighted by molar-refractivity contribution is -0.125. The summed E-state index contributed by atoms with van der Waals surface area (Å²) in [5, 5.41) is 9.26. The molecule has 0 radical (unpaired) electrons. The Balaban J connectivity index is 2.25. The molecular weight excluding hydrogens is 280 g/mol. The number of amides is 1. The molecule has 22 heavy (non-hydrogen) atoms. The summed E-state index contributed by atoms with van der Waals surface area (Å²) in [6, 6.07) is 7.35. The average Bonchev–Trinajstić information content (AvgIpc) is 3.07. The third-order valence-electron chi connectivity index (χ3n) is 3.54. The van der Waals surface area contributed by atoms with E-state index >= 15 is 0 Å². The first-order chi connectivity index (χ1) is 10.7. The van der Waals surface area contributed by atoms with Gasteiger partial charge in [0.05, 0.1) is 13.7 Å². The SMILES string of the molecule is CCOc1ccc(/C=C(\C#N)C(=O)N2CCCC2)cc1OC. The second-order valence-electron chi connectivity index (χ2n) is 5.01. The fourth-order valence-corrected chi connectivity index (χ4v) is 2.45. The van der Waals surface area contributed by atoms with Gasteiger partial charge in [-0.05, 0) is 43.5 Å². The van der Waals surface area contributed by atoms with Crippen LogP contribution in [0.25, 0.3) is 6.08 Å². The van der Waals surface area contributed by atoms with E-state index in [9.17, 15) is 10.1 Å². The quantitative estimate of drug-likeness (QED) is 0.619. The Hall–Kier alpha value is -2.48. The summed E-state index contributed by atoms with van der Waals surface area (Å²) in [7, 11) is 1.56. The minimum Gasteiger partial charge on any atom is -0.493 e. The molecule has 1 aromatic carbocycles. The highest BCUT2D eigenvalue weighted by atomic mass is 16.5. The number of hydrogen-bond donors (Lipinski definition) is 0. The van der Waals surface area contributed by atoms with Crippen LogP contribution in [0.3, 0.4) is 0 Å². The van der Waals surface area contributed by atoms with Crippen molar-refractivity contribution in [3.05, 3.63) is 29.3 Å². The van der Waals surface area contributed by atoms with Crippen molar-refractivity contribution in [1.29, 1.82) is 5.26 Å². The smallest absolute Gasteiger partial charge is 0.264 e. The summed E-state index contributed by atoms with van der Waals surface area (Å²) < 4.78 is 10.7. The second-order valence-corrected chi connectivity index (χ2v) is 5.01. The Morgan fingerprint density at radius 1 is 1.36 bits per heavy atom. The topological polar surface area (TPSA) is 62.6 Å². The van der Waals surface area contributed by atoms with Crippen LogP contribution < -0.4 is 9.47 Å². The molecule has 0 bridgehead atoms. The first-order valence-electron chi connectivity index (χ1n) is 7.41. The van der Waals surface area contributed by atoms with Crippen LogP contribution in [0.4, 0.5) is 0 Å². The van der Waals surface area contributed by atoms with Gasteiger partial charge in [0, 0.05) is 13.1 Å². The molecule has 5 nitrogen and oxygen atoms in total. The number of rotatable bonds is 5. The zero-order valence-electron chi connectivity index (χ0n) is 13.0. The van der Waals surface area contributed by atoms with E-state index in [1.165, 1.54) is 0 Å². The number of carbonyl (C=O) groups is 1. The van der Waals surface area contributed by atoms with Crippen molar-refractivity contribution in [2.75, 3.05) is 26.8 Å². The molecule has 0 atom stereocenters. The number of carbonyl (C=O) groups excluding carboxylic acids is 1. The molecule has 1 fully saturated rings. The van der Waals surface area contributed by atoms with Gasteiger partial charge in [0.25, 0.3) is 5.91 Å². The molecule has 1 aliphatic heterocycles. The summed E-state index contributed by atoms with van der Waals surface area (Å²) in [5.74, 6) is 1.03. The lowest BCUT2D eigenvalue weighted by atomic mass is 10.1. The van der Waals surface area contributed by atoms with Crippen molar-refractivity contribution < 1.29 is 14.3 Å². The molecule has 0 unspecified atom stereocenters. The van der Waals surface area contributed by atoms with E-state index in [0.29, 0.717) is 18.1 Å². The van der Waals surface area contributed by atoms with Gasteiger partial charge in [-0.1, -0.05) is 6.07 Å². The largest absolute Gasteiger partial charge is 0.493 e. The van der Waals surface area contributed by atoms with E-state index in [1.54, 1.807) is 30.2 Å². The molecule has 1 aliphatic rings. The number of ether oxygens (including phenoxy) is 2. The Bertz CT molecular complexity index is 611. The Morgan fingerprint density at radius 3 is 2.68 bits per heavy atom. The third-order valence-corrected chi connectivity index (χ3v) is 3.54. The van der Waals surface area contributed by atoms with Gasteiger partial charge >= 0.3 is 0 Å². The number of likely N-dealkylation sites (tertiary alicyclic amines) is 1. The molecule has 1 aromatic rings. The van der Waals surface area contributed by atoms with Gasteiger partial charge in [0.1, 0.15) is 11.6 Å². The third kappa shape index (κ3) is 3.59. The zero-order valence-corrected chi connectivity index (χ0v) is 13.0. The molecular formula is C17H20N2O3. The number of methoxy groups -OCH3 is 1. The predicted molar refractivity (Wildman–Crippen MR) is 83.6 cm³/mol. The van der Waals surface area contributed by atoms with Gasteiger partial charge < -0.3 is 14.4 Å². The standard InChI is InChI=1S/C17H20N2O3/c1-3-22-15-7-6-13(11-16(15)21-2)10-14(12-18)17(20)19-8-4-5-9-19/h6-7,10-11H,3-5,8-9H2,1-2H3/b14-10+. The summed E-state index contributed by atoms with van der Waals surface area (Å²) in [6.45, 7) is 3.90. The molecule has 1 amide bonds. The molecule has 0 aromatic heterocycles. The molecule has 5 heteroatoms. The van der Waals surface area contributed by atoms with E-state index < -0.39 is 0 Å². The molecule has 116 valence electrons.